The van der Waals surface area contributed by atoms with Gasteiger partial charge < -0.3 is 4.74 Å². The summed E-state index contributed by atoms with van der Waals surface area (Å²) in [4.78, 5) is 0. The first-order valence-corrected chi connectivity index (χ1v) is 5.68. The van der Waals surface area contributed by atoms with Gasteiger partial charge in [-0.2, -0.15) is 0 Å². The van der Waals surface area contributed by atoms with Crippen molar-refractivity contribution in [3.05, 3.63) is 0 Å². The second kappa shape index (κ2) is 6.92. The Labute approximate surface area is 91.7 Å². The monoisotopic (exact) mass is 226 g/mol. The molecule has 0 saturated carbocycles. The molecular weight excluding hydrogens is 207 g/mol. The molecular formula is C10H20Cl2O. The number of hydrogen-bond acceptors (Lipinski definition) is 1. The van der Waals surface area contributed by atoms with Gasteiger partial charge in [0.15, 0.2) is 0 Å². The summed E-state index contributed by atoms with van der Waals surface area (Å²) in [6.45, 7) is 9.60. The summed E-state index contributed by atoms with van der Waals surface area (Å²) in [6.07, 6.45) is 0. The first-order chi connectivity index (χ1) is 5.95. The third-order valence-corrected chi connectivity index (χ3v) is 3.19. The van der Waals surface area contributed by atoms with Gasteiger partial charge in [-0.05, 0) is 25.7 Å². The lowest BCUT2D eigenvalue weighted by atomic mass is 10.1. The summed E-state index contributed by atoms with van der Waals surface area (Å²) in [5, 5.41) is 0.340. The van der Waals surface area contributed by atoms with E-state index in [2.05, 4.69) is 13.8 Å². The van der Waals surface area contributed by atoms with Crippen molar-refractivity contribution in [3.63, 3.8) is 0 Å². The first-order valence-electron chi connectivity index (χ1n) is 4.81. The summed E-state index contributed by atoms with van der Waals surface area (Å²) in [7, 11) is 0. The lowest BCUT2D eigenvalue weighted by molar-refractivity contribution is 0.0797. The molecule has 0 N–H and O–H groups in total. The maximum absolute atomic E-state index is 5.90. The smallest absolute Gasteiger partial charge is 0.0505 e. The first kappa shape index (κ1) is 13.5. The van der Waals surface area contributed by atoms with Gasteiger partial charge in [-0.3, -0.25) is 0 Å². The van der Waals surface area contributed by atoms with E-state index in [-0.39, 0.29) is 10.8 Å². The topological polar surface area (TPSA) is 9.23 Å². The minimum Gasteiger partial charge on any atom is -0.381 e. The molecule has 13 heavy (non-hydrogen) atoms. The van der Waals surface area contributed by atoms with Gasteiger partial charge in [0, 0.05) is 10.8 Å². The minimum absolute atomic E-state index is 0.170. The molecule has 4 atom stereocenters. The predicted octanol–water partition coefficient (Wildman–Crippen LogP) is 3.53. The fraction of sp³-hybridized carbons (Fsp3) is 1.00. The summed E-state index contributed by atoms with van der Waals surface area (Å²) in [5.41, 5.74) is 0. The van der Waals surface area contributed by atoms with Crippen LogP contribution in [0, 0.1) is 11.8 Å². The van der Waals surface area contributed by atoms with Crippen LogP contribution >= 0.6 is 23.2 Å². The fourth-order valence-corrected chi connectivity index (χ4v) is 0.850. The zero-order chi connectivity index (χ0) is 10.4. The number of rotatable bonds is 6. The summed E-state index contributed by atoms with van der Waals surface area (Å²) < 4.78 is 5.51. The van der Waals surface area contributed by atoms with Gasteiger partial charge in [-0.25, -0.2) is 0 Å². The SMILES string of the molecule is CC(Cl)C(C)COCC(C)C(C)Cl. The van der Waals surface area contributed by atoms with E-state index in [0.29, 0.717) is 11.8 Å². The Morgan fingerprint density at radius 2 is 1.15 bits per heavy atom. The third kappa shape index (κ3) is 6.59. The highest BCUT2D eigenvalue weighted by Gasteiger charge is 2.12. The lowest BCUT2D eigenvalue weighted by Crippen LogP contribution is -2.20. The maximum Gasteiger partial charge on any atom is 0.0505 e. The second-order valence-corrected chi connectivity index (χ2v) is 5.22. The molecule has 0 saturated heterocycles. The molecule has 0 aromatic rings. The number of ether oxygens (including phenoxy) is 1. The van der Waals surface area contributed by atoms with Crippen LogP contribution in [0.5, 0.6) is 0 Å². The van der Waals surface area contributed by atoms with Crippen molar-refractivity contribution in [2.75, 3.05) is 13.2 Å². The Morgan fingerprint density at radius 3 is 1.38 bits per heavy atom. The summed E-state index contributed by atoms with van der Waals surface area (Å²) in [6, 6.07) is 0. The van der Waals surface area contributed by atoms with Crippen LogP contribution in [0.1, 0.15) is 27.7 Å². The van der Waals surface area contributed by atoms with Crippen LogP contribution in [-0.4, -0.2) is 24.0 Å². The van der Waals surface area contributed by atoms with Crippen LogP contribution in [0.4, 0.5) is 0 Å². The molecule has 0 aliphatic heterocycles. The van der Waals surface area contributed by atoms with Crippen LogP contribution in [-0.2, 0) is 4.74 Å². The van der Waals surface area contributed by atoms with Crippen molar-refractivity contribution in [2.24, 2.45) is 11.8 Å². The molecule has 0 heterocycles. The third-order valence-electron chi connectivity index (χ3n) is 2.33. The largest absolute Gasteiger partial charge is 0.381 e. The van der Waals surface area contributed by atoms with E-state index in [4.69, 9.17) is 27.9 Å². The quantitative estimate of drug-likeness (QED) is 0.631. The molecule has 0 amide bonds. The van der Waals surface area contributed by atoms with Gasteiger partial charge >= 0.3 is 0 Å². The Kier molecular flexibility index (Phi) is 7.20. The molecule has 0 spiro atoms. The molecule has 4 unspecified atom stereocenters. The molecule has 0 aromatic carbocycles. The molecule has 1 nitrogen and oxygen atoms in total. The van der Waals surface area contributed by atoms with E-state index in [1.54, 1.807) is 0 Å². The molecule has 0 aliphatic rings. The average Bonchev–Trinajstić information content (AvgIpc) is 2.03. The zero-order valence-corrected chi connectivity index (χ0v) is 10.4. The number of halogens is 2. The molecule has 0 radical (unpaired) electrons. The Balaban J connectivity index is 3.45. The van der Waals surface area contributed by atoms with Gasteiger partial charge in [0.25, 0.3) is 0 Å². The summed E-state index contributed by atoms with van der Waals surface area (Å²) >= 11 is 11.8. The Bertz CT molecular complexity index is 112. The second-order valence-electron chi connectivity index (χ2n) is 3.85. The standard InChI is InChI=1S/C10H20Cl2O/c1-7(9(3)11)5-13-6-8(2)10(4)12/h7-10H,5-6H2,1-4H3. The fourth-order valence-electron chi connectivity index (χ4n) is 0.705. The van der Waals surface area contributed by atoms with E-state index in [1.165, 1.54) is 0 Å². The molecule has 0 rings (SSSR count). The van der Waals surface area contributed by atoms with Crippen LogP contribution in [0.25, 0.3) is 0 Å². The van der Waals surface area contributed by atoms with Crippen molar-refractivity contribution >= 4 is 23.2 Å². The molecule has 0 fully saturated rings. The molecule has 0 bridgehead atoms. The molecule has 0 aliphatic carbocycles. The number of hydrogen-bond donors (Lipinski definition) is 0. The van der Waals surface area contributed by atoms with E-state index < -0.39 is 0 Å². The Hall–Kier alpha value is 0.540. The molecule has 3 heteroatoms. The van der Waals surface area contributed by atoms with Crippen molar-refractivity contribution in [3.8, 4) is 0 Å². The van der Waals surface area contributed by atoms with E-state index in [1.807, 2.05) is 13.8 Å². The normalized spacial score (nSPS) is 20.8. The van der Waals surface area contributed by atoms with Crippen molar-refractivity contribution < 1.29 is 4.74 Å². The van der Waals surface area contributed by atoms with E-state index in [0.717, 1.165) is 13.2 Å². The van der Waals surface area contributed by atoms with E-state index >= 15 is 0 Å². The van der Waals surface area contributed by atoms with E-state index in [9.17, 15) is 0 Å². The van der Waals surface area contributed by atoms with Crippen LogP contribution in [0.15, 0.2) is 0 Å². The van der Waals surface area contributed by atoms with Gasteiger partial charge in [-0.15, -0.1) is 23.2 Å². The highest BCUT2D eigenvalue weighted by Crippen LogP contribution is 2.13. The van der Waals surface area contributed by atoms with Gasteiger partial charge in [0.2, 0.25) is 0 Å². The van der Waals surface area contributed by atoms with Crippen molar-refractivity contribution in [2.45, 2.75) is 38.4 Å². The van der Waals surface area contributed by atoms with Crippen LogP contribution in [0.3, 0.4) is 0 Å². The van der Waals surface area contributed by atoms with Crippen molar-refractivity contribution in [1.82, 2.24) is 0 Å². The minimum atomic E-state index is 0.170. The zero-order valence-electron chi connectivity index (χ0n) is 8.89. The summed E-state index contributed by atoms with van der Waals surface area (Å²) in [5.74, 6) is 0.805. The lowest BCUT2D eigenvalue weighted by Gasteiger charge is -2.17. The predicted molar refractivity (Wildman–Crippen MR) is 59.8 cm³/mol. The highest BCUT2D eigenvalue weighted by atomic mass is 35.5. The van der Waals surface area contributed by atoms with Crippen LogP contribution < -0.4 is 0 Å². The Morgan fingerprint density at radius 1 is 0.846 bits per heavy atom. The van der Waals surface area contributed by atoms with Crippen molar-refractivity contribution in [1.29, 1.82) is 0 Å². The highest BCUT2D eigenvalue weighted by molar-refractivity contribution is 6.20. The van der Waals surface area contributed by atoms with Gasteiger partial charge in [-0.1, -0.05) is 13.8 Å². The van der Waals surface area contributed by atoms with Gasteiger partial charge in [0.1, 0.15) is 0 Å². The van der Waals surface area contributed by atoms with Crippen LogP contribution in [0.2, 0.25) is 0 Å². The molecule has 80 valence electrons. The van der Waals surface area contributed by atoms with Gasteiger partial charge in [0.05, 0.1) is 13.2 Å². The number of alkyl halides is 2. The maximum atomic E-state index is 5.90. The molecule has 0 aromatic heterocycles. The average molecular weight is 227 g/mol.